The third kappa shape index (κ3) is 3.18. The Morgan fingerprint density at radius 3 is 2.76 bits per heavy atom. The maximum Gasteiger partial charge on any atom is 0.226 e. The molecule has 7 heteroatoms. The predicted molar refractivity (Wildman–Crippen MR) is 80.1 cm³/mol. The van der Waals surface area contributed by atoms with Crippen LogP contribution in [0.4, 0.5) is 0 Å². The number of hydrogen-bond donors (Lipinski definition) is 0. The third-order valence-electron chi connectivity index (χ3n) is 3.30. The van der Waals surface area contributed by atoms with Crippen molar-refractivity contribution >= 4 is 11.8 Å². The van der Waals surface area contributed by atoms with Gasteiger partial charge in [0.15, 0.2) is 5.16 Å². The van der Waals surface area contributed by atoms with Gasteiger partial charge < -0.3 is 8.98 Å². The van der Waals surface area contributed by atoms with E-state index in [-0.39, 0.29) is 5.92 Å². The zero-order valence-corrected chi connectivity index (χ0v) is 13.1. The summed E-state index contributed by atoms with van der Waals surface area (Å²) in [4.78, 5) is 0. The van der Waals surface area contributed by atoms with E-state index in [0.717, 1.165) is 17.5 Å². The number of aromatic nitrogens is 5. The minimum absolute atomic E-state index is 0.252. The number of allylic oxidation sites excluding steroid dienone is 1. The molecule has 0 aromatic carbocycles. The van der Waals surface area contributed by atoms with Crippen LogP contribution in [0, 0.1) is 0 Å². The minimum Gasteiger partial charge on any atom is -0.424 e. The summed E-state index contributed by atoms with van der Waals surface area (Å²) < 4.78 is 7.75. The zero-order valence-electron chi connectivity index (χ0n) is 12.3. The van der Waals surface area contributed by atoms with Gasteiger partial charge in [0.25, 0.3) is 0 Å². The molecule has 0 bridgehead atoms. The Balaban J connectivity index is 1.70. The summed E-state index contributed by atoms with van der Waals surface area (Å²) in [7, 11) is 0. The lowest BCUT2D eigenvalue weighted by molar-refractivity contribution is 0.445. The normalized spacial score (nSPS) is 14.8. The van der Waals surface area contributed by atoms with Gasteiger partial charge in [0.2, 0.25) is 11.8 Å². The summed E-state index contributed by atoms with van der Waals surface area (Å²) in [5.41, 5.74) is 0. The van der Waals surface area contributed by atoms with Crippen molar-refractivity contribution in [3.8, 4) is 0 Å². The molecule has 112 valence electrons. The highest BCUT2D eigenvalue weighted by Crippen LogP contribution is 2.40. The molecule has 21 heavy (non-hydrogen) atoms. The van der Waals surface area contributed by atoms with E-state index >= 15 is 0 Å². The Morgan fingerprint density at radius 2 is 2.14 bits per heavy atom. The van der Waals surface area contributed by atoms with Crippen LogP contribution in [-0.4, -0.2) is 25.0 Å². The SMILES string of the molecule is C=CCn1c(SCc2nnc(C(C)C)o2)nnc1C1CC1. The van der Waals surface area contributed by atoms with Crippen molar-refractivity contribution < 1.29 is 4.42 Å². The average molecular weight is 305 g/mol. The summed E-state index contributed by atoms with van der Waals surface area (Å²) in [6.07, 6.45) is 4.30. The second-order valence-electron chi connectivity index (χ2n) is 5.49. The summed E-state index contributed by atoms with van der Waals surface area (Å²) in [6.45, 7) is 8.62. The minimum atomic E-state index is 0.252. The van der Waals surface area contributed by atoms with Gasteiger partial charge in [-0.1, -0.05) is 31.7 Å². The molecule has 6 nitrogen and oxygen atoms in total. The van der Waals surface area contributed by atoms with Crippen molar-refractivity contribution in [1.82, 2.24) is 25.0 Å². The average Bonchev–Trinajstić information content (AvgIpc) is 3.05. The van der Waals surface area contributed by atoms with Crippen LogP contribution in [0.2, 0.25) is 0 Å². The van der Waals surface area contributed by atoms with Crippen LogP contribution in [-0.2, 0) is 12.3 Å². The van der Waals surface area contributed by atoms with Crippen molar-refractivity contribution in [3.63, 3.8) is 0 Å². The fourth-order valence-corrected chi connectivity index (χ4v) is 2.83. The summed E-state index contributed by atoms with van der Waals surface area (Å²) in [5.74, 6) is 3.82. The smallest absolute Gasteiger partial charge is 0.226 e. The molecule has 0 unspecified atom stereocenters. The number of rotatable bonds is 7. The molecule has 2 heterocycles. The van der Waals surface area contributed by atoms with E-state index in [0.29, 0.717) is 23.5 Å². The Bertz CT molecular complexity index is 629. The second-order valence-corrected chi connectivity index (χ2v) is 6.43. The molecule has 3 rings (SSSR count). The monoisotopic (exact) mass is 305 g/mol. The molecule has 0 atom stereocenters. The van der Waals surface area contributed by atoms with Crippen LogP contribution >= 0.6 is 11.8 Å². The van der Waals surface area contributed by atoms with Crippen LogP contribution in [0.25, 0.3) is 0 Å². The van der Waals surface area contributed by atoms with E-state index in [1.165, 1.54) is 12.8 Å². The van der Waals surface area contributed by atoms with Gasteiger partial charge in [0.05, 0.1) is 5.75 Å². The van der Waals surface area contributed by atoms with Gasteiger partial charge >= 0.3 is 0 Å². The fraction of sp³-hybridized carbons (Fsp3) is 0.571. The van der Waals surface area contributed by atoms with E-state index in [2.05, 4.69) is 31.5 Å². The number of thioether (sulfide) groups is 1. The Kier molecular flexibility index (Phi) is 4.10. The lowest BCUT2D eigenvalue weighted by atomic mass is 10.2. The predicted octanol–water partition coefficient (Wildman–Crippen LogP) is 3.14. The first-order valence-electron chi connectivity index (χ1n) is 7.18. The van der Waals surface area contributed by atoms with Crippen molar-refractivity contribution in [2.24, 2.45) is 0 Å². The second kappa shape index (κ2) is 6.01. The summed E-state index contributed by atoms with van der Waals surface area (Å²) >= 11 is 1.58. The molecule has 2 aromatic heterocycles. The third-order valence-corrected chi connectivity index (χ3v) is 4.25. The lowest BCUT2D eigenvalue weighted by Gasteiger charge is -2.05. The highest BCUT2D eigenvalue weighted by atomic mass is 32.2. The molecule has 1 aliphatic carbocycles. The van der Waals surface area contributed by atoms with Gasteiger partial charge in [-0.05, 0) is 12.8 Å². The standard InChI is InChI=1S/C14H19N5OS/c1-4-7-19-12(10-5-6-10)16-18-14(19)21-8-11-15-17-13(20-11)9(2)3/h4,9-10H,1,5-8H2,2-3H3. The Morgan fingerprint density at radius 1 is 1.33 bits per heavy atom. The molecule has 0 spiro atoms. The summed E-state index contributed by atoms with van der Waals surface area (Å²) in [6, 6.07) is 0. The Labute approximate surface area is 128 Å². The van der Waals surface area contributed by atoms with Gasteiger partial charge in [-0.15, -0.1) is 27.0 Å². The summed E-state index contributed by atoms with van der Waals surface area (Å²) in [5, 5.41) is 17.6. The molecule has 1 aliphatic rings. The van der Waals surface area contributed by atoms with E-state index < -0.39 is 0 Å². The lowest BCUT2D eigenvalue weighted by Crippen LogP contribution is -2.02. The van der Waals surface area contributed by atoms with E-state index in [9.17, 15) is 0 Å². The van der Waals surface area contributed by atoms with Gasteiger partial charge in [-0.2, -0.15) is 0 Å². The van der Waals surface area contributed by atoms with Crippen molar-refractivity contribution in [1.29, 1.82) is 0 Å². The van der Waals surface area contributed by atoms with Crippen LogP contribution in [0.1, 0.15) is 56.1 Å². The van der Waals surface area contributed by atoms with Crippen molar-refractivity contribution in [3.05, 3.63) is 30.3 Å². The number of nitrogens with zero attached hydrogens (tertiary/aromatic N) is 5. The zero-order chi connectivity index (χ0) is 14.8. The van der Waals surface area contributed by atoms with E-state index in [1.54, 1.807) is 11.8 Å². The van der Waals surface area contributed by atoms with Gasteiger partial charge in [-0.25, -0.2) is 0 Å². The topological polar surface area (TPSA) is 69.6 Å². The molecule has 0 N–H and O–H groups in total. The molecule has 1 saturated carbocycles. The van der Waals surface area contributed by atoms with E-state index in [4.69, 9.17) is 4.42 Å². The highest BCUT2D eigenvalue weighted by molar-refractivity contribution is 7.98. The molecule has 0 aliphatic heterocycles. The van der Waals surface area contributed by atoms with E-state index in [1.807, 2.05) is 19.9 Å². The maximum atomic E-state index is 5.61. The molecule has 1 fully saturated rings. The van der Waals surface area contributed by atoms with Gasteiger partial charge in [0, 0.05) is 18.4 Å². The van der Waals surface area contributed by atoms with Gasteiger partial charge in [0.1, 0.15) is 5.82 Å². The largest absolute Gasteiger partial charge is 0.424 e. The Hall–Kier alpha value is -1.63. The molecular formula is C14H19N5OS. The quantitative estimate of drug-likeness (QED) is 0.578. The first kappa shape index (κ1) is 14.3. The van der Waals surface area contributed by atoms with Crippen LogP contribution < -0.4 is 0 Å². The van der Waals surface area contributed by atoms with Crippen LogP contribution in [0.3, 0.4) is 0 Å². The van der Waals surface area contributed by atoms with Crippen molar-refractivity contribution in [2.45, 2.75) is 56.0 Å². The van der Waals surface area contributed by atoms with Gasteiger partial charge in [-0.3, -0.25) is 0 Å². The molecule has 2 aromatic rings. The highest BCUT2D eigenvalue weighted by Gasteiger charge is 2.30. The number of hydrogen-bond acceptors (Lipinski definition) is 6. The molecule has 0 amide bonds. The fourth-order valence-electron chi connectivity index (χ4n) is 2.04. The van der Waals surface area contributed by atoms with Crippen LogP contribution in [0.15, 0.2) is 22.2 Å². The molecular weight excluding hydrogens is 286 g/mol. The first-order chi connectivity index (χ1) is 10.2. The van der Waals surface area contributed by atoms with Crippen molar-refractivity contribution in [2.75, 3.05) is 0 Å². The first-order valence-corrected chi connectivity index (χ1v) is 8.16. The molecule has 0 saturated heterocycles. The molecule has 0 radical (unpaired) electrons. The van der Waals surface area contributed by atoms with Crippen LogP contribution in [0.5, 0.6) is 0 Å². The maximum absolute atomic E-state index is 5.61.